The van der Waals surface area contributed by atoms with E-state index in [0.717, 1.165) is 25.9 Å². The number of furan rings is 1. The first-order valence-electron chi connectivity index (χ1n) is 10.8. The van der Waals surface area contributed by atoms with Crippen molar-refractivity contribution in [2.24, 2.45) is 11.8 Å². The Morgan fingerprint density at radius 1 is 1.19 bits per heavy atom. The van der Waals surface area contributed by atoms with E-state index in [9.17, 15) is 13.2 Å². The van der Waals surface area contributed by atoms with Crippen molar-refractivity contribution < 1.29 is 22.2 Å². The van der Waals surface area contributed by atoms with Crippen LogP contribution in [0.4, 0.5) is 0 Å². The SMILES string of the molecule is Cc1noc(/C=C/c2ccco2)c1S(=O)(=O)N1CCC(C(=O)N2CCC[C@@H](C)C2)CC1. The molecule has 0 N–H and O–H groups in total. The molecule has 1 atom stereocenters. The maximum Gasteiger partial charge on any atom is 0.248 e. The summed E-state index contributed by atoms with van der Waals surface area (Å²) >= 11 is 0. The van der Waals surface area contributed by atoms with Gasteiger partial charge >= 0.3 is 0 Å². The van der Waals surface area contributed by atoms with E-state index in [0.29, 0.717) is 43.3 Å². The first-order valence-corrected chi connectivity index (χ1v) is 12.3. The molecule has 0 spiro atoms. The number of amides is 1. The molecular weight excluding hydrogens is 418 g/mol. The van der Waals surface area contributed by atoms with Crippen molar-refractivity contribution in [2.75, 3.05) is 26.2 Å². The van der Waals surface area contributed by atoms with E-state index in [1.807, 2.05) is 4.90 Å². The summed E-state index contributed by atoms with van der Waals surface area (Å²) in [4.78, 5) is 14.9. The van der Waals surface area contributed by atoms with Gasteiger partial charge in [0.25, 0.3) is 0 Å². The first-order chi connectivity index (χ1) is 14.9. The van der Waals surface area contributed by atoms with Crippen molar-refractivity contribution in [3.05, 3.63) is 35.6 Å². The molecule has 4 heterocycles. The molecule has 0 unspecified atom stereocenters. The number of hydrogen-bond acceptors (Lipinski definition) is 6. The third kappa shape index (κ3) is 4.62. The van der Waals surface area contributed by atoms with Crippen LogP contribution in [-0.4, -0.2) is 54.9 Å². The molecule has 9 heteroatoms. The Labute approximate surface area is 182 Å². The zero-order valence-corrected chi connectivity index (χ0v) is 18.8. The van der Waals surface area contributed by atoms with Crippen LogP contribution in [0.3, 0.4) is 0 Å². The van der Waals surface area contributed by atoms with Gasteiger partial charge in [-0.15, -0.1) is 0 Å². The van der Waals surface area contributed by atoms with Gasteiger partial charge in [-0.05, 0) is 62.8 Å². The van der Waals surface area contributed by atoms with Crippen LogP contribution >= 0.6 is 0 Å². The third-order valence-corrected chi connectivity index (χ3v) is 8.20. The summed E-state index contributed by atoms with van der Waals surface area (Å²) in [7, 11) is -3.78. The van der Waals surface area contributed by atoms with Gasteiger partial charge in [0.05, 0.1) is 6.26 Å². The van der Waals surface area contributed by atoms with Gasteiger partial charge in [-0.3, -0.25) is 4.79 Å². The van der Waals surface area contributed by atoms with E-state index >= 15 is 0 Å². The molecule has 2 aliphatic heterocycles. The monoisotopic (exact) mass is 447 g/mol. The smallest absolute Gasteiger partial charge is 0.248 e. The van der Waals surface area contributed by atoms with E-state index in [1.165, 1.54) is 4.31 Å². The van der Waals surface area contributed by atoms with Crippen LogP contribution in [0.2, 0.25) is 0 Å². The fraction of sp³-hybridized carbons (Fsp3) is 0.545. The average Bonchev–Trinajstić information content (AvgIpc) is 3.41. The second-order valence-corrected chi connectivity index (χ2v) is 10.4. The van der Waals surface area contributed by atoms with Gasteiger partial charge in [-0.2, -0.15) is 4.31 Å². The molecule has 2 aromatic rings. The Kier molecular flexibility index (Phi) is 6.34. The van der Waals surface area contributed by atoms with E-state index in [2.05, 4.69) is 12.1 Å². The highest BCUT2D eigenvalue weighted by atomic mass is 32.2. The molecule has 0 saturated carbocycles. The van der Waals surface area contributed by atoms with Crippen molar-refractivity contribution in [2.45, 2.75) is 44.4 Å². The fourth-order valence-electron chi connectivity index (χ4n) is 4.46. The number of aryl methyl sites for hydroxylation is 1. The molecule has 4 rings (SSSR count). The Bertz CT molecular complexity index is 1030. The lowest BCUT2D eigenvalue weighted by Crippen LogP contribution is -2.47. The largest absolute Gasteiger partial charge is 0.465 e. The molecule has 31 heavy (non-hydrogen) atoms. The third-order valence-electron chi connectivity index (χ3n) is 6.15. The normalized spacial score (nSPS) is 21.7. The summed E-state index contributed by atoms with van der Waals surface area (Å²) in [5, 5.41) is 3.87. The Morgan fingerprint density at radius 2 is 1.97 bits per heavy atom. The minimum absolute atomic E-state index is 0.0740. The van der Waals surface area contributed by atoms with E-state index < -0.39 is 10.0 Å². The van der Waals surface area contributed by atoms with Gasteiger partial charge in [-0.25, -0.2) is 8.42 Å². The van der Waals surface area contributed by atoms with Crippen molar-refractivity contribution in [3.63, 3.8) is 0 Å². The van der Waals surface area contributed by atoms with Gasteiger partial charge in [-0.1, -0.05) is 12.1 Å². The number of aromatic nitrogens is 1. The quantitative estimate of drug-likeness (QED) is 0.697. The van der Waals surface area contributed by atoms with Crippen molar-refractivity contribution >= 4 is 28.1 Å². The lowest BCUT2D eigenvalue weighted by Gasteiger charge is -2.36. The minimum Gasteiger partial charge on any atom is -0.465 e. The molecule has 2 fully saturated rings. The summed E-state index contributed by atoms with van der Waals surface area (Å²) in [6.07, 6.45) is 8.01. The number of piperidine rings is 2. The summed E-state index contributed by atoms with van der Waals surface area (Å²) in [6, 6.07) is 3.51. The molecule has 8 nitrogen and oxygen atoms in total. The van der Waals surface area contributed by atoms with Crippen molar-refractivity contribution in [3.8, 4) is 0 Å². The van der Waals surface area contributed by atoms with Gasteiger partial charge in [0.15, 0.2) is 10.7 Å². The van der Waals surface area contributed by atoms with Crippen LogP contribution in [0.25, 0.3) is 12.2 Å². The number of hydrogen-bond donors (Lipinski definition) is 0. The number of rotatable bonds is 5. The maximum atomic E-state index is 13.3. The number of carbonyl (C=O) groups excluding carboxylic acids is 1. The lowest BCUT2D eigenvalue weighted by molar-refractivity contribution is -0.138. The van der Waals surface area contributed by atoms with Gasteiger partial charge < -0.3 is 13.8 Å². The number of nitrogens with zero attached hydrogens (tertiary/aromatic N) is 3. The summed E-state index contributed by atoms with van der Waals surface area (Å²) in [6.45, 7) is 6.04. The fourth-order valence-corrected chi connectivity index (χ4v) is 6.18. The molecule has 2 aromatic heterocycles. The Balaban J connectivity index is 1.45. The number of likely N-dealkylation sites (tertiary alicyclic amines) is 1. The maximum absolute atomic E-state index is 13.3. The van der Waals surface area contributed by atoms with Crippen molar-refractivity contribution in [1.82, 2.24) is 14.4 Å². The molecule has 1 amide bonds. The average molecular weight is 448 g/mol. The van der Waals surface area contributed by atoms with Crippen LogP contribution in [0.15, 0.2) is 32.2 Å². The van der Waals surface area contributed by atoms with E-state index in [4.69, 9.17) is 8.94 Å². The van der Waals surface area contributed by atoms with Crippen LogP contribution < -0.4 is 0 Å². The second kappa shape index (κ2) is 9.00. The standard InChI is InChI=1S/C22H29N3O5S/c1-16-5-3-11-24(15-16)22(26)18-9-12-25(13-10-18)31(27,28)21-17(2)23-30-20(21)8-7-19-6-4-14-29-19/h4,6-8,14,16,18H,3,5,9-13,15H2,1-2H3/b8-7+/t16-/m1/s1. The Morgan fingerprint density at radius 3 is 2.65 bits per heavy atom. The Hall–Kier alpha value is -2.39. The van der Waals surface area contributed by atoms with Gasteiger partial charge in [0.1, 0.15) is 11.5 Å². The zero-order valence-electron chi connectivity index (χ0n) is 18.0. The first kappa shape index (κ1) is 21.8. The second-order valence-electron chi connectivity index (χ2n) is 8.52. The van der Waals surface area contributed by atoms with Crippen LogP contribution in [0, 0.1) is 18.8 Å². The highest BCUT2D eigenvalue weighted by Crippen LogP contribution is 2.30. The predicted octanol–water partition coefficient (Wildman–Crippen LogP) is 3.41. The molecule has 168 valence electrons. The highest BCUT2D eigenvalue weighted by Gasteiger charge is 2.37. The summed E-state index contributed by atoms with van der Waals surface area (Å²) in [5.41, 5.74) is 0.319. The topological polar surface area (TPSA) is 96.9 Å². The zero-order chi connectivity index (χ0) is 22.0. The molecule has 0 aromatic carbocycles. The van der Waals surface area contributed by atoms with Gasteiger partial charge in [0.2, 0.25) is 15.9 Å². The molecule has 0 bridgehead atoms. The van der Waals surface area contributed by atoms with E-state index in [1.54, 1.807) is 37.5 Å². The van der Waals surface area contributed by atoms with Gasteiger partial charge in [0, 0.05) is 32.1 Å². The highest BCUT2D eigenvalue weighted by molar-refractivity contribution is 7.89. The lowest BCUT2D eigenvalue weighted by atomic mass is 9.93. The molecular formula is C22H29N3O5S. The molecule has 2 saturated heterocycles. The predicted molar refractivity (Wildman–Crippen MR) is 115 cm³/mol. The molecule has 0 aliphatic carbocycles. The van der Waals surface area contributed by atoms with Crippen LogP contribution in [0.5, 0.6) is 0 Å². The molecule has 2 aliphatic rings. The van der Waals surface area contributed by atoms with E-state index in [-0.39, 0.29) is 22.5 Å². The number of carbonyl (C=O) groups is 1. The van der Waals surface area contributed by atoms with Crippen LogP contribution in [0.1, 0.15) is 49.8 Å². The minimum atomic E-state index is -3.78. The molecule has 0 radical (unpaired) electrons. The van der Waals surface area contributed by atoms with Crippen molar-refractivity contribution in [1.29, 1.82) is 0 Å². The number of sulfonamides is 1. The summed E-state index contributed by atoms with van der Waals surface area (Å²) in [5.74, 6) is 1.35. The summed E-state index contributed by atoms with van der Waals surface area (Å²) < 4.78 is 38.7. The van der Waals surface area contributed by atoms with Crippen LogP contribution in [-0.2, 0) is 14.8 Å².